The molecule has 1 fully saturated rings. The molecule has 0 saturated carbocycles. The number of amides is 3. The van der Waals surface area contributed by atoms with Gasteiger partial charge >= 0.3 is 5.97 Å². The molecule has 3 amide bonds. The Morgan fingerprint density at radius 3 is 2.65 bits per heavy atom. The number of benzene rings is 1. The zero-order chi connectivity index (χ0) is 19.1. The summed E-state index contributed by atoms with van der Waals surface area (Å²) in [6.45, 7) is -0.702. The molecule has 1 saturated heterocycles. The van der Waals surface area contributed by atoms with Gasteiger partial charge in [0.25, 0.3) is 11.8 Å². The number of carbonyl (C=O) groups excluding carboxylic acids is 4. The van der Waals surface area contributed by atoms with Crippen molar-refractivity contribution < 1.29 is 28.3 Å². The molecule has 0 aromatic heterocycles. The Bertz CT molecular complexity index is 709. The summed E-state index contributed by atoms with van der Waals surface area (Å²) in [5.74, 6) is -3.45. The van der Waals surface area contributed by atoms with E-state index in [-0.39, 0.29) is 5.56 Å². The molecule has 3 N–H and O–H groups in total. The quantitative estimate of drug-likeness (QED) is 0.686. The number of hydrogen-bond acceptors (Lipinski definition) is 5. The summed E-state index contributed by atoms with van der Waals surface area (Å²) >= 11 is 0. The van der Waals surface area contributed by atoms with Crippen LogP contribution in [0.15, 0.2) is 24.3 Å². The highest BCUT2D eigenvalue weighted by Crippen LogP contribution is 2.16. The van der Waals surface area contributed by atoms with Crippen molar-refractivity contribution in [3.05, 3.63) is 35.6 Å². The average molecular weight is 365 g/mol. The van der Waals surface area contributed by atoms with E-state index in [2.05, 4.69) is 5.32 Å². The van der Waals surface area contributed by atoms with E-state index in [9.17, 15) is 23.6 Å². The van der Waals surface area contributed by atoms with Crippen molar-refractivity contribution in [1.29, 1.82) is 0 Å². The fourth-order valence-corrected chi connectivity index (χ4v) is 2.70. The van der Waals surface area contributed by atoms with E-state index in [1.54, 1.807) is 0 Å². The maximum atomic E-state index is 13.5. The Labute approximate surface area is 149 Å². The zero-order valence-electron chi connectivity index (χ0n) is 14.1. The first-order valence-electron chi connectivity index (χ1n) is 8.17. The van der Waals surface area contributed by atoms with Crippen LogP contribution in [0.5, 0.6) is 0 Å². The first-order valence-corrected chi connectivity index (χ1v) is 8.17. The molecule has 140 valence electrons. The minimum absolute atomic E-state index is 0.200. The predicted molar refractivity (Wildman–Crippen MR) is 88.2 cm³/mol. The van der Waals surface area contributed by atoms with Gasteiger partial charge < -0.3 is 20.7 Å². The van der Waals surface area contributed by atoms with Crippen LogP contribution in [0.25, 0.3) is 0 Å². The molecule has 0 bridgehead atoms. The molecule has 1 aliphatic rings. The molecule has 1 atom stereocenters. The van der Waals surface area contributed by atoms with Gasteiger partial charge in [-0.3, -0.25) is 19.2 Å². The maximum Gasteiger partial charge on any atom is 0.325 e. The van der Waals surface area contributed by atoms with E-state index in [4.69, 9.17) is 10.5 Å². The Kier molecular flexibility index (Phi) is 6.65. The number of halogens is 1. The summed E-state index contributed by atoms with van der Waals surface area (Å²) in [6, 6.07) is 4.63. The number of ether oxygens (including phenoxy) is 1. The van der Waals surface area contributed by atoms with Crippen LogP contribution in [-0.2, 0) is 19.1 Å². The van der Waals surface area contributed by atoms with Crippen LogP contribution in [0.4, 0.5) is 4.39 Å². The third-order valence-electron chi connectivity index (χ3n) is 4.02. The van der Waals surface area contributed by atoms with Gasteiger partial charge in [0.15, 0.2) is 6.61 Å². The van der Waals surface area contributed by atoms with Gasteiger partial charge in [-0.2, -0.15) is 0 Å². The van der Waals surface area contributed by atoms with Gasteiger partial charge in [-0.05, 0) is 31.4 Å². The molecule has 1 heterocycles. The van der Waals surface area contributed by atoms with Crippen molar-refractivity contribution in [2.45, 2.75) is 25.3 Å². The Morgan fingerprint density at radius 2 is 1.96 bits per heavy atom. The maximum absolute atomic E-state index is 13.5. The lowest BCUT2D eigenvalue weighted by molar-refractivity contribution is -0.154. The van der Waals surface area contributed by atoms with Crippen molar-refractivity contribution in [2.75, 3.05) is 19.7 Å². The van der Waals surface area contributed by atoms with Crippen molar-refractivity contribution in [1.82, 2.24) is 10.2 Å². The summed E-state index contributed by atoms with van der Waals surface area (Å²) in [6.07, 6.45) is 2.01. The predicted octanol–water partition coefficient (Wildman–Crippen LogP) is -0.0349. The molecule has 26 heavy (non-hydrogen) atoms. The second-order valence-corrected chi connectivity index (χ2v) is 5.82. The van der Waals surface area contributed by atoms with E-state index in [1.165, 1.54) is 23.1 Å². The van der Waals surface area contributed by atoms with Gasteiger partial charge in [0.05, 0.1) is 5.56 Å². The van der Waals surface area contributed by atoms with Gasteiger partial charge in [0.2, 0.25) is 5.91 Å². The SMILES string of the molecule is NC(=O)[C@H]1CCCCN1C(=O)COC(=O)CNC(=O)c1ccccc1F. The van der Waals surface area contributed by atoms with Crippen molar-refractivity contribution in [2.24, 2.45) is 5.73 Å². The molecule has 0 aliphatic carbocycles. The molecule has 8 nitrogen and oxygen atoms in total. The molecular formula is C17H20FN3O5. The summed E-state index contributed by atoms with van der Waals surface area (Å²) in [5, 5.41) is 2.22. The Morgan fingerprint density at radius 1 is 1.23 bits per heavy atom. The molecule has 2 rings (SSSR count). The number of esters is 1. The monoisotopic (exact) mass is 365 g/mol. The lowest BCUT2D eigenvalue weighted by atomic mass is 10.0. The number of likely N-dealkylation sites (tertiary alicyclic amines) is 1. The van der Waals surface area contributed by atoms with E-state index in [0.717, 1.165) is 18.9 Å². The normalized spacial score (nSPS) is 16.7. The molecule has 0 radical (unpaired) electrons. The van der Waals surface area contributed by atoms with Gasteiger partial charge in [-0.1, -0.05) is 12.1 Å². The summed E-state index contributed by atoms with van der Waals surface area (Å²) in [4.78, 5) is 48.3. The third-order valence-corrected chi connectivity index (χ3v) is 4.02. The van der Waals surface area contributed by atoms with Crippen LogP contribution in [0, 0.1) is 5.82 Å². The van der Waals surface area contributed by atoms with E-state index >= 15 is 0 Å². The first kappa shape index (κ1) is 19.4. The summed E-state index contributed by atoms with van der Waals surface area (Å²) in [7, 11) is 0. The first-order chi connectivity index (χ1) is 12.4. The minimum Gasteiger partial charge on any atom is -0.454 e. The standard InChI is InChI=1S/C17H20FN3O5/c18-12-6-2-1-5-11(12)17(25)20-9-15(23)26-10-14(22)21-8-4-3-7-13(21)16(19)24/h1-2,5-6,13H,3-4,7-10H2,(H2,19,24)(H,20,25)/t13-/m1/s1. The highest BCUT2D eigenvalue weighted by atomic mass is 19.1. The van der Waals surface area contributed by atoms with E-state index in [0.29, 0.717) is 13.0 Å². The Hall–Kier alpha value is -2.97. The van der Waals surface area contributed by atoms with Crippen molar-refractivity contribution >= 4 is 23.7 Å². The van der Waals surface area contributed by atoms with Gasteiger partial charge in [-0.25, -0.2) is 4.39 Å². The van der Waals surface area contributed by atoms with Crippen LogP contribution < -0.4 is 11.1 Å². The average Bonchev–Trinajstić information content (AvgIpc) is 2.64. The number of rotatable bonds is 6. The lowest BCUT2D eigenvalue weighted by Gasteiger charge is -2.33. The fourth-order valence-electron chi connectivity index (χ4n) is 2.70. The molecule has 1 aliphatic heterocycles. The number of nitrogens with two attached hydrogens (primary N) is 1. The summed E-state index contributed by atoms with van der Waals surface area (Å²) in [5.41, 5.74) is 5.08. The minimum atomic E-state index is -0.851. The topological polar surface area (TPSA) is 119 Å². The molecule has 0 spiro atoms. The number of nitrogens with zero attached hydrogens (tertiary/aromatic N) is 1. The summed E-state index contributed by atoms with van der Waals surface area (Å²) < 4.78 is 18.3. The number of primary amides is 1. The Balaban J connectivity index is 1.79. The van der Waals surface area contributed by atoms with Gasteiger partial charge in [0.1, 0.15) is 18.4 Å². The van der Waals surface area contributed by atoms with E-state index < -0.39 is 48.7 Å². The third kappa shape index (κ3) is 5.01. The molecule has 0 unspecified atom stereocenters. The van der Waals surface area contributed by atoms with Gasteiger partial charge in [0, 0.05) is 6.54 Å². The number of piperidine rings is 1. The molecular weight excluding hydrogens is 345 g/mol. The van der Waals surface area contributed by atoms with Crippen LogP contribution in [0.3, 0.4) is 0 Å². The van der Waals surface area contributed by atoms with Crippen molar-refractivity contribution in [3.63, 3.8) is 0 Å². The lowest BCUT2D eigenvalue weighted by Crippen LogP contribution is -2.51. The van der Waals surface area contributed by atoms with Crippen LogP contribution >= 0.6 is 0 Å². The zero-order valence-corrected chi connectivity index (χ0v) is 14.1. The number of nitrogens with one attached hydrogen (secondary N) is 1. The molecule has 9 heteroatoms. The number of hydrogen-bond donors (Lipinski definition) is 2. The largest absolute Gasteiger partial charge is 0.454 e. The van der Waals surface area contributed by atoms with Crippen LogP contribution in [0.2, 0.25) is 0 Å². The van der Waals surface area contributed by atoms with Crippen LogP contribution in [0.1, 0.15) is 29.6 Å². The highest BCUT2D eigenvalue weighted by Gasteiger charge is 2.30. The molecule has 1 aromatic rings. The van der Waals surface area contributed by atoms with Crippen molar-refractivity contribution in [3.8, 4) is 0 Å². The fraction of sp³-hybridized carbons (Fsp3) is 0.412. The second kappa shape index (κ2) is 8.93. The smallest absolute Gasteiger partial charge is 0.325 e. The molecule has 1 aromatic carbocycles. The van der Waals surface area contributed by atoms with Crippen LogP contribution in [-0.4, -0.2) is 54.3 Å². The highest BCUT2D eigenvalue weighted by molar-refractivity contribution is 5.96. The second-order valence-electron chi connectivity index (χ2n) is 5.82. The number of carbonyl (C=O) groups is 4. The van der Waals surface area contributed by atoms with E-state index in [1.807, 2.05) is 0 Å². The van der Waals surface area contributed by atoms with Gasteiger partial charge in [-0.15, -0.1) is 0 Å².